The third kappa shape index (κ3) is 2.46. The van der Waals surface area contributed by atoms with Crippen molar-refractivity contribution in [3.05, 3.63) is 24.3 Å². The van der Waals surface area contributed by atoms with Crippen molar-refractivity contribution in [1.82, 2.24) is 0 Å². The molecule has 0 aliphatic carbocycles. The van der Waals surface area contributed by atoms with Crippen LogP contribution in [0.4, 0.5) is 11.4 Å². The van der Waals surface area contributed by atoms with E-state index in [1.807, 2.05) is 0 Å². The average molecular weight is 246 g/mol. The van der Waals surface area contributed by atoms with E-state index in [4.69, 9.17) is 4.74 Å². The van der Waals surface area contributed by atoms with Crippen LogP contribution in [-0.4, -0.2) is 32.8 Å². The van der Waals surface area contributed by atoms with Gasteiger partial charge in [-0.3, -0.25) is 0 Å². The number of hydrogen-bond donors (Lipinski definition) is 1. The van der Waals surface area contributed by atoms with Crippen LogP contribution in [0.2, 0.25) is 0 Å². The summed E-state index contributed by atoms with van der Waals surface area (Å²) < 4.78 is 5.27. The minimum atomic E-state index is 0.327. The fourth-order valence-corrected chi connectivity index (χ4v) is 2.63. The molecule has 2 fully saturated rings. The van der Waals surface area contributed by atoms with Crippen LogP contribution in [-0.2, 0) is 4.74 Å². The standard InChI is InChI=1S/C15H22N2O/c1-15(11-18-12-15)10-16-13-4-6-14(7-5-13)17-8-2-3-9-17/h4-7,16H,2-3,8-12H2,1H3. The minimum absolute atomic E-state index is 0.327. The Morgan fingerprint density at radius 1 is 1.17 bits per heavy atom. The van der Waals surface area contributed by atoms with Crippen molar-refractivity contribution in [2.45, 2.75) is 19.8 Å². The van der Waals surface area contributed by atoms with Crippen molar-refractivity contribution in [1.29, 1.82) is 0 Å². The monoisotopic (exact) mass is 246 g/mol. The molecule has 2 aliphatic heterocycles. The van der Waals surface area contributed by atoms with Crippen LogP contribution in [0.3, 0.4) is 0 Å². The zero-order chi connectivity index (χ0) is 12.4. The largest absolute Gasteiger partial charge is 0.384 e. The van der Waals surface area contributed by atoms with Crippen LogP contribution in [0.5, 0.6) is 0 Å². The van der Waals surface area contributed by atoms with Gasteiger partial charge in [0.1, 0.15) is 0 Å². The fourth-order valence-electron chi connectivity index (χ4n) is 2.63. The Labute approximate surface area is 109 Å². The van der Waals surface area contributed by atoms with Gasteiger partial charge in [-0.25, -0.2) is 0 Å². The van der Waals surface area contributed by atoms with E-state index >= 15 is 0 Å². The molecule has 0 atom stereocenters. The van der Waals surface area contributed by atoms with Gasteiger partial charge in [0, 0.05) is 36.4 Å². The van der Waals surface area contributed by atoms with Gasteiger partial charge in [-0.05, 0) is 37.1 Å². The average Bonchev–Trinajstić information content (AvgIpc) is 2.88. The second-order valence-electron chi connectivity index (χ2n) is 5.90. The highest BCUT2D eigenvalue weighted by Crippen LogP contribution is 2.27. The van der Waals surface area contributed by atoms with E-state index in [2.05, 4.69) is 41.4 Å². The molecule has 0 spiro atoms. The fraction of sp³-hybridized carbons (Fsp3) is 0.600. The van der Waals surface area contributed by atoms with Gasteiger partial charge in [-0.2, -0.15) is 0 Å². The number of nitrogens with one attached hydrogen (secondary N) is 1. The first-order valence-corrected chi connectivity index (χ1v) is 6.92. The molecule has 1 N–H and O–H groups in total. The molecular formula is C15H22N2O. The van der Waals surface area contributed by atoms with Gasteiger partial charge >= 0.3 is 0 Å². The topological polar surface area (TPSA) is 24.5 Å². The molecule has 98 valence electrons. The number of ether oxygens (including phenoxy) is 1. The number of benzene rings is 1. The summed E-state index contributed by atoms with van der Waals surface area (Å²) in [5, 5.41) is 3.51. The van der Waals surface area contributed by atoms with Crippen LogP contribution in [0, 0.1) is 5.41 Å². The highest BCUT2D eigenvalue weighted by Gasteiger charge is 2.32. The summed E-state index contributed by atoms with van der Waals surface area (Å²) in [6.45, 7) is 7.44. The molecule has 2 saturated heterocycles. The molecule has 1 aromatic carbocycles. The third-order valence-corrected chi connectivity index (χ3v) is 3.96. The van der Waals surface area contributed by atoms with Crippen molar-refractivity contribution < 1.29 is 4.74 Å². The van der Waals surface area contributed by atoms with Gasteiger partial charge in [-0.1, -0.05) is 6.92 Å². The molecule has 0 radical (unpaired) electrons. The Hall–Kier alpha value is -1.22. The molecule has 0 unspecified atom stereocenters. The van der Waals surface area contributed by atoms with Crippen LogP contribution in [0.25, 0.3) is 0 Å². The lowest BCUT2D eigenvalue weighted by Gasteiger charge is -2.38. The van der Waals surface area contributed by atoms with Crippen molar-refractivity contribution in [3.63, 3.8) is 0 Å². The SMILES string of the molecule is CC1(CNc2ccc(N3CCCC3)cc2)COC1. The van der Waals surface area contributed by atoms with Crippen LogP contribution < -0.4 is 10.2 Å². The lowest BCUT2D eigenvalue weighted by molar-refractivity contribution is -0.0924. The molecule has 0 saturated carbocycles. The van der Waals surface area contributed by atoms with Gasteiger partial charge in [0.2, 0.25) is 0 Å². The summed E-state index contributed by atoms with van der Waals surface area (Å²) in [5.74, 6) is 0. The number of nitrogens with zero attached hydrogens (tertiary/aromatic N) is 1. The van der Waals surface area contributed by atoms with Crippen molar-refractivity contribution in [2.75, 3.05) is 43.1 Å². The molecule has 2 heterocycles. The maximum absolute atomic E-state index is 5.27. The molecule has 3 heteroatoms. The summed E-state index contributed by atoms with van der Waals surface area (Å²) in [6, 6.07) is 8.84. The molecule has 2 aliphatic rings. The summed E-state index contributed by atoms with van der Waals surface area (Å²) in [7, 11) is 0. The highest BCUT2D eigenvalue weighted by atomic mass is 16.5. The Balaban J connectivity index is 1.57. The van der Waals surface area contributed by atoms with E-state index in [0.29, 0.717) is 5.41 Å². The lowest BCUT2D eigenvalue weighted by Crippen LogP contribution is -2.45. The zero-order valence-electron chi connectivity index (χ0n) is 11.1. The summed E-state index contributed by atoms with van der Waals surface area (Å²) in [4.78, 5) is 2.46. The number of anilines is 2. The number of rotatable bonds is 4. The highest BCUT2D eigenvalue weighted by molar-refractivity contribution is 5.55. The van der Waals surface area contributed by atoms with E-state index in [0.717, 1.165) is 19.8 Å². The Morgan fingerprint density at radius 3 is 2.39 bits per heavy atom. The van der Waals surface area contributed by atoms with Gasteiger partial charge in [0.05, 0.1) is 13.2 Å². The molecular weight excluding hydrogens is 224 g/mol. The molecule has 3 rings (SSSR count). The van der Waals surface area contributed by atoms with Crippen LogP contribution >= 0.6 is 0 Å². The maximum Gasteiger partial charge on any atom is 0.0559 e. The van der Waals surface area contributed by atoms with Gasteiger partial charge < -0.3 is 15.0 Å². The summed E-state index contributed by atoms with van der Waals surface area (Å²) >= 11 is 0. The molecule has 3 nitrogen and oxygen atoms in total. The van der Waals surface area contributed by atoms with Gasteiger partial charge in [0.25, 0.3) is 0 Å². The molecule has 0 amide bonds. The van der Waals surface area contributed by atoms with E-state index in [9.17, 15) is 0 Å². The Morgan fingerprint density at radius 2 is 1.83 bits per heavy atom. The quantitative estimate of drug-likeness (QED) is 0.884. The maximum atomic E-state index is 5.27. The first-order chi connectivity index (χ1) is 8.75. The second kappa shape index (κ2) is 4.81. The van der Waals surface area contributed by atoms with E-state index in [1.165, 1.54) is 37.3 Å². The van der Waals surface area contributed by atoms with E-state index in [-0.39, 0.29) is 0 Å². The van der Waals surface area contributed by atoms with E-state index in [1.54, 1.807) is 0 Å². The van der Waals surface area contributed by atoms with Crippen molar-refractivity contribution >= 4 is 11.4 Å². The first-order valence-electron chi connectivity index (χ1n) is 6.92. The van der Waals surface area contributed by atoms with Crippen molar-refractivity contribution in [3.8, 4) is 0 Å². The second-order valence-corrected chi connectivity index (χ2v) is 5.90. The third-order valence-electron chi connectivity index (χ3n) is 3.96. The Bertz CT molecular complexity index is 391. The zero-order valence-corrected chi connectivity index (χ0v) is 11.1. The predicted molar refractivity (Wildman–Crippen MR) is 75.3 cm³/mol. The van der Waals surface area contributed by atoms with Gasteiger partial charge in [0.15, 0.2) is 0 Å². The molecule has 0 bridgehead atoms. The molecule has 1 aromatic rings. The normalized spacial score (nSPS) is 21.7. The first kappa shape index (κ1) is 11.8. The van der Waals surface area contributed by atoms with Gasteiger partial charge in [-0.15, -0.1) is 0 Å². The summed E-state index contributed by atoms with van der Waals surface area (Å²) in [6.07, 6.45) is 2.66. The number of hydrogen-bond acceptors (Lipinski definition) is 3. The molecule has 18 heavy (non-hydrogen) atoms. The summed E-state index contributed by atoms with van der Waals surface area (Å²) in [5.41, 5.74) is 2.90. The van der Waals surface area contributed by atoms with Crippen LogP contribution in [0.1, 0.15) is 19.8 Å². The lowest BCUT2D eigenvalue weighted by atomic mass is 9.89. The Kier molecular flexibility index (Phi) is 3.16. The minimum Gasteiger partial charge on any atom is -0.384 e. The smallest absolute Gasteiger partial charge is 0.0559 e. The van der Waals surface area contributed by atoms with Crippen molar-refractivity contribution in [2.24, 2.45) is 5.41 Å². The van der Waals surface area contributed by atoms with E-state index < -0.39 is 0 Å². The molecule has 0 aromatic heterocycles. The van der Waals surface area contributed by atoms with Crippen LogP contribution in [0.15, 0.2) is 24.3 Å². The predicted octanol–water partition coefficient (Wildman–Crippen LogP) is 2.74.